The molecule has 1 N–H and O–H groups in total. The minimum Gasteiger partial charge on any atom is -0.380 e. The Morgan fingerprint density at radius 2 is 2.54 bits per heavy atom. The Labute approximate surface area is 83.1 Å². The van der Waals surface area contributed by atoms with Crippen LogP contribution in [0.1, 0.15) is 12.0 Å². The van der Waals surface area contributed by atoms with Crippen LogP contribution in [-0.2, 0) is 0 Å². The monoisotopic (exact) mass is 194 g/mol. The van der Waals surface area contributed by atoms with E-state index in [1.165, 1.54) is 29.2 Å². The molecule has 1 saturated heterocycles. The highest BCUT2D eigenvalue weighted by atomic mass is 32.2. The van der Waals surface area contributed by atoms with Crippen molar-refractivity contribution in [2.45, 2.75) is 19.4 Å². The van der Waals surface area contributed by atoms with Crippen molar-refractivity contribution in [3.8, 4) is 0 Å². The van der Waals surface area contributed by atoms with Gasteiger partial charge in [-0.1, -0.05) is 0 Å². The third kappa shape index (κ3) is 2.15. The molecule has 1 fully saturated rings. The number of anilines is 1. The van der Waals surface area contributed by atoms with Crippen molar-refractivity contribution in [2.75, 3.05) is 16.8 Å². The van der Waals surface area contributed by atoms with Crippen molar-refractivity contribution in [3.63, 3.8) is 0 Å². The highest BCUT2D eigenvalue weighted by Crippen LogP contribution is 2.22. The molecular formula is C10H14N2S. The Hall–Kier alpha value is -0.700. The number of aryl methyl sites for hydroxylation is 1. The first-order chi connectivity index (χ1) is 6.36. The third-order valence-electron chi connectivity index (χ3n) is 2.33. The van der Waals surface area contributed by atoms with Crippen molar-refractivity contribution in [3.05, 3.63) is 24.0 Å². The summed E-state index contributed by atoms with van der Waals surface area (Å²) in [4.78, 5) is 4.12. The second-order valence-electron chi connectivity index (χ2n) is 3.40. The number of thioether (sulfide) groups is 1. The zero-order chi connectivity index (χ0) is 9.10. The van der Waals surface area contributed by atoms with Crippen LogP contribution >= 0.6 is 11.8 Å². The number of hydrogen-bond donors (Lipinski definition) is 1. The van der Waals surface area contributed by atoms with Crippen LogP contribution in [0.15, 0.2) is 18.5 Å². The first-order valence-electron chi connectivity index (χ1n) is 4.61. The number of nitrogens with zero attached hydrogens (tertiary/aromatic N) is 1. The molecule has 70 valence electrons. The van der Waals surface area contributed by atoms with Gasteiger partial charge in [0.1, 0.15) is 0 Å². The van der Waals surface area contributed by atoms with E-state index >= 15 is 0 Å². The summed E-state index contributed by atoms with van der Waals surface area (Å²) in [6, 6.07) is 2.69. The van der Waals surface area contributed by atoms with Gasteiger partial charge >= 0.3 is 0 Å². The van der Waals surface area contributed by atoms with Gasteiger partial charge in [0.25, 0.3) is 0 Å². The number of nitrogens with one attached hydrogen (secondary N) is 1. The highest BCUT2D eigenvalue weighted by molar-refractivity contribution is 7.99. The molecule has 2 nitrogen and oxygen atoms in total. The van der Waals surface area contributed by atoms with Crippen molar-refractivity contribution in [1.29, 1.82) is 0 Å². The van der Waals surface area contributed by atoms with Gasteiger partial charge in [0.05, 0.1) is 11.9 Å². The Morgan fingerprint density at radius 1 is 1.62 bits per heavy atom. The smallest absolute Gasteiger partial charge is 0.0558 e. The molecule has 0 radical (unpaired) electrons. The summed E-state index contributed by atoms with van der Waals surface area (Å²) in [5, 5.41) is 3.53. The Kier molecular flexibility index (Phi) is 2.74. The molecule has 0 aromatic carbocycles. The topological polar surface area (TPSA) is 24.9 Å². The zero-order valence-corrected chi connectivity index (χ0v) is 8.60. The minimum atomic E-state index is 0.646. The van der Waals surface area contributed by atoms with Crippen LogP contribution in [0.5, 0.6) is 0 Å². The van der Waals surface area contributed by atoms with E-state index in [1.54, 1.807) is 0 Å². The lowest BCUT2D eigenvalue weighted by atomic mass is 10.2. The molecule has 13 heavy (non-hydrogen) atoms. The van der Waals surface area contributed by atoms with Gasteiger partial charge in [0.2, 0.25) is 0 Å². The molecule has 0 aliphatic carbocycles. The average Bonchev–Trinajstić information content (AvgIpc) is 2.61. The van der Waals surface area contributed by atoms with E-state index in [2.05, 4.69) is 17.2 Å². The largest absolute Gasteiger partial charge is 0.380 e. The van der Waals surface area contributed by atoms with Crippen molar-refractivity contribution in [2.24, 2.45) is 0 Å². The standard InChI is InChI=1S/C10H14N2S/c1-8-2-4-11-6-10(8)12-9-3-5-13-7-9/h2,4,6,9,12H,3,5,7H2,1H3/t9-/m1/s1. The zero-order valence-electron chi connectivity index (χ0n) is 7.79. The summed E-state index contributed by atoms with van der Waals surface area (Å²) in [5.74, 6) is 2.52. The SMILES string of the molecule is Cc1ccncc1N[C@@H]1CCSC1. The van der Waals surface area contributed by atoms with Crippen molar-refractivity contribution >= 4 is 17.4 Å². The molecule has 1 atom stereocenters. The van der Waals surface area contributed by atoms with Crippen LogP contribution in [0.2, 0.25) is 0 Å². The normalized spacial score (nSPS) is 21.8. The molecule has 1 aliphatic heterocycles. The maximum Gasteiger partial charge on any atom is 0.0558 e. The van der Waals surface area contributed by atoms with E-state index in [-0.39, 0.29) is 0 Å². The molecule has 0 saturated carbocycles. The minimum absolute atomic E-state index is 0.646. The number of pyridine rings is 1. The Bertz CT molecular complexity index is 282. The summed E-state index contributed by atoms with van der Waals surface area (Å²) in [6.45, 7) is 2.12. The quantitative estimate of drug-likeness (QED) is 0.782. The number of aromatic nitrogens is 1. The van der Waals surface area contributed by atoms with Gasteiger partial charge in [-0.05, 0) is 30.7 Å². The fourth-order valence-electron chi connectivity index (χ4n) is 1.48. The molecule has 0 spiro atoms. The molecule has 2 rings (SSSR count). The van der Waals surface area contributed by atoms with Crippen LogP contribution in [0.3, 0.4) is 0 Å². The van der Waals surface area contributed by atoms with E-state index in [0.29, 0.717) is 6.04 Å². The van der Waals surface area contributed by atoms with Crippen LogP contribution < -0.4 is 5.32 Å². The maximum absolute atomic E-state index is 4.12. The predicted octanol–water partition coefficient (Wildman–Crippen LogP) is 2.31. The maximum atomic E-state index is 4.12. The third-order valence-corrected chi connectivity index (χ3v) is 3.49. The summed E-state index contributed by atoms with van der Waals surface area (Å²) in [7, 11) is 0. The van der Waals surface area contributed by atoms with Crippen molar-refractivity contribution in [1.82, 2.24) is 4.98 Å². The van der Waals surface area contributed by atoms with Gasteiger partial charge in [-0.25, -0.2) is 0 Å². The Balaban J connectivity index is 2.04. The fraction of sp³-hybridized carbons (Fsp3) is 0.500. The first-order valence-corrected chi connectivity index (χ1v) is 5.76. The molecule has 3 heteroatoms. The van der Waals surface area contributed by atoms with Gasteiger partial charge in [-0.2, -0.15) is 11.8 Å². The molecular weight excluding hydrogens is 180 g/mol. The summed E-state index contributed by atoms with van der Waals surface area (Å²) in [6.07, 6.45) is 5.03. The molecule has 1 aromatic heterocycles. The lowest BCUT2D eigenvalue weighted by molar-refractivity contribution is 0.810. The fourth-order valence-corrected chi connectivity index (χ4v) is 2.64. The van der Waals surface area contributed by atoms with Crippen LogP contribution in [0, 0.1) is 6.92 Å². The van der Waals surface area contributed by atoms with E-state index in [9.17, 15) is 0 Å². The molecule has 2 heterocycles. The highest BCUT2D eigenvalue weighted by Gasteiger charge is 2.15. The van der Waals surface area contributed by atoms with E-state index < -0.39 is 0 Å². The molecule has 1 aliphatic rings. The van der Waals surface area contributed by atoms with Gasteiger partial charge in [0, 0.05) is 18.0 Å². The van der Waals surface area contributed by atoms with Gasteiger partial charge < -0.3 is 5.32 Å². The van der Waals surface area contributed by atoms with E-state index in [0.717, 1.165) is 0 Å². The molecule has 0 unspecified atom stereocenters. The lowest BCUT2D eigenvalue weighted by Gasteiger charge is -2.13. The summed E-state index contributed by atoms with van der Waals surface area (Å²) >= 11 is 2.02. The van der Waals surface area contributed by atoms with E-state index in [1.807, 2.05) is 30.2 Å². The summed E-state index contributed by atoms with van der Waals surface area (Å²) < 4.78 is 0. The van der Waals surface area contributed by atoms with Gasteiger partial charge in [-0.3, -0.25) is 4.98 Å². The summed E-state index contributed by atoms with van der Waals surface area (Å²) in [5.41, 5.74) is 2.47. The van der Waals surface area contributed by atoms with Crippen LogP contribution in [0.25, 0.3) is 0 Å². The molecule has 0 bridgehead atoms. The molecule has 1 aromatic rings. The average molecular weight is 194 g/mol. The first kappa shape index (κ1) is 8.88. The number of hydrogen-bond acceptors (Lipinski definition) is 3. The van der Waals surface area contributed by atoms with Crippen molar-refractivity contribution < 1.29 is 0 Å². The van der Waals surface area contributed by atoms with E-state index in [4.69, 9.17) is 0 Å². The predicted molar refractivity (Wildman–Crippen MR) is 58.3 cm³/mol. The van der Waals surface area contributed by atoms with Gasteiger partial charge in [0.15, 0.2) is 0 Å². The second kappa shape index (κ2) is 4.01. The van der Waals surface area contributed by atoms with Gasteiger partial charge in [-0.15, -0.1) is 0 Å². The Morgan fingerprint density at radius 3 is 3.23 bits per heavy atom. The second-order valence-corrected chi connectivity index (χ2v) is 4.55. The molecule has 0 amide bonds. The number of rotatable bonds is 2. The van der Waals surface area contributed by atoms with Crippen LogP contribution in [0.4, 0.5) is 5.69 Å². The van der Waals surface area contributed by atoms with Crippen LogP contribution in [-0.4, -0.2) is 22.5 Å². The lowest BCUT2D eigenvalue weighted by Crippen LogP contribution is -2.18.